The minimum absolute atomic E-state index is 0.174. The van der Waals surface area contributed by atoms with E-state index in [-0.39, 0.29) is 11.8 Å². The number of carbonyl (C=O) groups excluding carboxylic acids is 2. The minimum Gasteiger partial charge on any atom is -0.495 e. The molecule has 9 heteroatoms. The minimum atomic E-state index is -0.302. The van der Waals surface area contributed by atoms with Gasteiger partial charge in [-0.2, -0.15) is 0 Å². The zero-order valence-electron chi connectivity index (χ0n) is 16.7. The van der Waals surface area contributed by atoms with Gasteiger partial charge in [-0.15, -0.1) is 0 Å². The van der Waals surface area contributed by atoms with Crippen molar-refractivity contribution in [2.45, 2.75) is 13.3 Å². The van der Waals surface area contributed by atoms with Crippen molar-refractivity contribution in [3.63, 3.8) is 0 Å². The maximum absolute atomic E-state index is 12.8. The van der Waals surface area contributed by atoms with Gasteiger partial charge in [0.2, 0.25) is 5.91 Å². The van der Waals surface area contributed by atoms with Crippen molar-refractivity contribution < 1.29 is 14.3 Å². The molecule has 1 heterocycles. The van der Waals surface area contributed by atoms with Crippen molar-refractivity contribution in [2.24, 2.45) is 0 Å². The van der Waals surface area contributed by atoms with Crippen molar-refractivity contribution in [3.8, 4) is 5.75 Å². The van der Waals surface area contributed by atoms with Crippen molar-refractivity contribution in [2.75, 3.05) is 43.5 Å². The Kier molecular flexibility index (Phi) is 7.65. The standard InChI is InChI=1S/C21H22Br2ClN3O3/c1-3-19(28)27-8-6-26(7-9-27)18-5-4-14(12-17(18)24)25-21(29)15-10-13(22)11-16(23)20(15)30-2/h4-5,10-12H,3,6-9H2,1-2H3,(H,25,29). The fraction of sp³-hybridized carbons (Fsp3) is 0.333. The summed E-state index contributed by atoms with van der Waals surface area (Å²) in [7, 11) is 1.52. The summed E-state index contributed by atoms with van der Waals surface area (Å²) in [5.74, 6) is 0.329. The summed E-state index contributed by atoms with van der Waals surface area (Å²) in [6.07, 6.45) is 0.522. The van der Waals surface area contributed by atoms with E-state index < -0.39 is 0 Å². The molecular weight excluding hydrogens is 538 g/mol. The maximum atomic E-state index is 12.8. The van der Waals surface area contributed by atoms with E-state index in [1.54, 1.807) is 12.1 Å². The Morgan fingerprint density at radius 3 is 2.43 bits per heavy atom. The lowest BCUT2D eigenvalue weighted by atomic mass is 10.1. The van der Waals surface area contributed by atoms with Gasteiger partial charge < -0.3 is 19.9 Å². The second-order valence-electron chi connectivity index (χ2n) is 6.81. The predicted molar refractivity (Wildman–Crippen MR) is 127 cm³/mol. The number of halogens is 3. The summed E-state index contributed by atoms with van der Waals surface area (Å²) in [5, 5.41) is 3.42. The lowest BCUT2D eigenvalue weighted by molar-refractivity contribution is -0.131. The third-order valence-corrected chi connectivity index (χ3v) is 6.29. The Morgan fingerprint density at radius 1 is 1.13 bits per heavy atom. The fourth-order valence-electron chi connectivity index (χ4n) is 3.40. The van der Waals surface area contributed by atoms with Crippen molar-refractivity contribution in [1.82, 2.24) is 4.90 Å². The number of carbonyl (C=O) groups is 2. The molecule has 0 aromatic heterocycles. The molecule has 0 saturated carbocycles. The number of hydrogen-bond acceptors (Lipinski definition) is 4. The molecule has 0 bridgehead atoms. The van der Waals surface area contributed by atoms with Crippen molar-refractivity contribution >= 4 is 66.6 Å². The van der Waals surface area contributed by atoms with Gasteiger partial charge in [-0.05, 0) is 46.3 Å². The van der Waals surface area contributed by atoms with Gasteiger partial charge in [0, 0.05) is 42.8 Å². The third-order valence-electron chi connectivity index (χ3n) is 4.94. The first-order chi connectivity index (χ1) is 14.3. The van der Waals surface area contributed by atoms with Crippen LogP contribution in [0.25, 0.3) is 0 Å². The molecule has 2 aromatic rings. The van der Waals surface area contributed by atoms with Crippen LogP contribution in [0.4, 0.5) is 11.4 Å². The Morgan fingerprint density at radius 2 is 1.83 bits per heavy atom. The molecule has 3 rings (SSSR count). The Labute approximate surface area is 197 Å². The van der Waals surface area contributed by atoms with Gasteiger partial charge in [0.1, 0.15) is 5.75 Å². The topological polar surface area (TPSA) is 61.9 Å². The third kappa shape index (κ3) is 5.10. The molecule has 0 atom stereocenters. The van der Waals surface area contributed by atoms with E-state index in [1.165, 1.54) is 7.11 Å². The first-order valence-electron chi connectivity index (χ1n) is 9.50. The van der Waals surface area contributed by atoms with Crippen LogP contribution in [0.3, 0.4) is 0 Å². The highest BCUT2D eigenvalue weighted by molar-refractivity contribution is 9.11. The number of methoxy groups -OCH3 is 1. The van der Waals surface area contributed by atoms with E-state index in [0.29, 0.717) is 46.0 Å². The van der Waals surface area contributed by atoms with Gasteiger partial charge in [0.15, 0.2) is 0 Å². The normalized spacial score (nSPS) is 13.9. The van der Waals surface area contributed by atoms with Crippen molar-refractivity contribution in [1.29, 1.82) is 0 Å². The van der Waals surface area contributed by atoms with E-state index in [4.69, 9.17) is 16.3 Å². The van der Waals surface area contributed by atoms with Crippen LogP contribution in [-0.4, -0.2) is 50.0 Å². The van der Waals surface area contributed by atoms with E-state index in [0.717, 1.165) is 23.2 Å². The SMILES string of the molecule is CCC(=O)N1CCN(c2ccc(NC(=O)c3cc(Br)cc(Br)c3OC)cc2Cl)CC1. The van der Waals surface area contributed by atoms with Crippen LogP contribution in [0.5, 0.6) is 5.75 Å². The van der Waals surface area contributed by atoms with Crippen LogP contribution in [0.2, 0.25) is 5.02 Å². The highest BCUT2D eigenvalue weighted by Gasteiger charge is 2.22. The summed E-state index contributed by atoms with van der Waals surface area (Å²) >= 11 is 13.3. The fourth-order valence-corrected chi connectivity index (χ4v) is 5.08. The number of ether oxygens (including phenoxy) is 1. The molecule has 0 spiro atoms. The lowest BCUT2D eigenvalue weighted by Crippen LogP contribution is -2.48. The molecule has 6 nitrogen and oxygen atoms in total. The molecule has 0 aliphatic carbocycles. The number of nitrogens with zero attached hydrogens (tertiary/aromatic N) is 2. The van der Waals surface area contributed by atoms with Crippen molar-refractivity contribution in [3.05, 3.63) is 49.9 Å². The number of hydrogen-bond donors (Lipinski definition) is 1. The number of nitrogens with one attached hydrogen (secondary N) is 1. The molecule has 30 heavy (non-hydrogen) atoms. The largest absolute Gasteiger partial charge is 0.495 e. The first-order valence-corrected chi connectivity index (χ1v) is 11.5. The zero-order valence-corrected chi connectivity index (χ0v) is 20.6. The zero-order chi connectivity index (χ0) is 21.8. The van der Waals surface area contributed by atoms with Crippen LogP contribution in [0.1, 0.15) is 23.7 Å². The molecule has 1 aliphatic rings. The van der Waals surface area contributed by atoms with Crippen LogP contribution in [-0.2, 0) is 4.79 Å². The number of rotatable bonds is 5. The number of piperazine rings is 1. The number of anilines is 2. The molecule has 0 radical (unpaired) electrons. The molecule has 160 valence electrons. The van der Waals surface area contributed by atoms with Gasteiger partial charge in [0.05, 0.1) is 27.9 Å². The second kappa shape index (κ2) is 10.0. The Hall–Kier alpha value is -1.77. The molecule has 2 aromatic carbocycles. The molecule has 1 saturated heterocycles. The van der Waals surface area contributed by atoms with E-state index in [9.17, 15) is 9.59 Å². The highest BCUT2D eigenvalue weighted by atomic mass is 79.9. The molecule has 0 unspecified atom stereocenters. The summed E-state index contributed by atoms with van der Waals surface area (Å²) < 4.78 is 6.79. The Bertz CT molecular complexity index is 963. The second-order valence-corrected chi connectivity index (χ2v) is 8.99. The van der Waals surface area contributed by atoms with Gasteiger partial charge in [-0.25, -0.2) is 0 Å². The van der Waals surface area contributed by atoms with Crippen LogP contribution in [0.15, 0.2) is 39.3 Å². The quantitative estimate of drug-likeness (QED) is 0.548. The van der Waals surface area contributed by atoms with E-state index in [2.05, 4.69) is 42.1 Å². The van der Waals surface area contributed by atoms with E-state index >= 15 is 0 Å². The van der Waals surface area contributed by atoms with Crippen LogP contribution < -0.4 is 15.0 Å². The van der Waals surface area contributed by atoms with Gasteiger partial charge in [0.25, 0.3) is 5.91 Å². The number of amides is 2. The van der Waals surface area contributed by atoms with E-state index in [1.807, 2.05) is 30.0 Å². The number of benzene rings is 2. The first kappa shape index (κ1) is 22.9. The van der Waals surface area contributed by atoms with Gasteiger partial charge >= 0.3 is 0 Å². The maximum Gasteiger partial charge on any atom is 0.259 e. The average molecular weight is 560 g/mol. The molecule has 1 aliphatic heterocycles. The Balaban J connectivity index is 1.72. The molecular formula is C21H22Br2ClN3O3. The summed E-state index contributed by atoms with van der Waals surface area (Å²) in [4.78, 5) is 28.7. The summed E-state index contributed by atoms with van der Waals surface area (Å²) in [6, 6.07) is 8.96. The van der Waals surface area contributed by atoms with Crippen LogP contribution >= 0.6 is 43.5 Å². The lowest BCUT2D eigenvalue weighted by Gasteiger charge is -2.36. The highest BCUT2D eigenvalue weighted by Crippen LogP contribution is 2.34. The summed E-state index contributed by atoms with van der Waals surface area (Å²) in [5.41, 5.74) is 1.88. The molecule has 1 N–H and O–H groups in total. The average Bonchev–Trinajstić information content (AvgIpc) is 2.73. The molecule has 1 fully saturated rings. The smallest absolute Gasteiger partial charge is 0.259 e. The van der Waals surface area contributed by atoms with Gasteiger partial charge in [-0.1, -0.05) is 34.5 Å². The monoisotopic (exact) mass is 557 g/mol. The molecule has 2 amide bonds. The van der Waals surface area contributed by atoms with Gasteiger partial charge in [-0.3, -0.25) is 9.59 Å². The summed E-state index contributed by atoms with van der Waals surface area (Å²) in [6.45, 7) is 4.68. The van der Waals surface area contributed by atoms with Crippen LogP contribution in [0, 0.1) is 0 Å². The predicted octanol–water partition coefficient (Wildman–Crippen LogP) is 5.18.